The second-order valence-electron chi connectivity index (χ2n) is 4.45. The second kappa shape index (κ2) is 6.00. The van der Waals surface area contributed by atoms with Crippen molar-refractivity contribution in [1.29, 1.82) is 0 Å². The quantitative estimate of drug-likeness (QED) is 0.892. The smallest absolute Gasteiger partial charge is 0.157 e. The molecule has 1 aliphatic heterocycles. The molecule has 1 atom stereocenters. The van der Waals surface area contributed by atoms with Crippen LogP contribution in [0.3, 0.4) is 0 Å². The van der Waals surface area contributed by atoms with Crippen LogP contribution in [0.4, 0.5) is 0 Å². The van der Waals surface area contributed by atoms with Crippen LogP contribution in [0.25, 0.3) is 0 Å². The van der Waals surface area contributed by atoms with Crippen molar-refractivity contribution in [3.63, 3.8) is 0 Å². The summed E-state index contributed by atoms with van der Waals surface area (Å²) in [6.45, 7) is 5.12. The predicted octanol–water partition coefficient (Wildman–Crippen LogP) is 2.08. The first-order chi connectivity index (χ1) is 8.25. The highest BCUT2D eigenvalue weighted by atomic mass is 32.2. The van der Waals surface area contributed by atoms with E-state index in [4.69, 9.17) is 0 Å². The van der Waals surface area contributed by atoms with Gasteiger partial charge in [0.1, 0.15) is 6.33 Å². The van der Waals surface area contributed by atoms with Gasteiger partial charge in [-0.1, -0.05) is 25.6 Å². The first kappa shape index (κ1) is 12.4. The molecule has 1 aliphatic rings. The van der Waals surface area contributed by atoms with Crippen molar-refractivity contribution < 1.29 is 0 Å². The van der Waals surface area contributed by atoms with E-state index in [2.05, 4.69) is 34.1 Å². The van der Waals surface area contributed by atoms with Gasteiger partial charge in [-0.3, -0.25) is 4.99 Å². The van der Waals surface area contributed by atoms with Crippen LogP contribution in [0.15, 0.2) is 23.6 Å². The molecule has 1 saturated heterocycles. The summed E-state index contributed by atoms with van der Waals surface area (Å²) < 4.78 is 0. The van der Waals surface area contributed by atoms with Gasteiger partial charge >= 0.3 is 0 Å². The number of amidine groups is 1. The van der Waals surface area contributed by atoms with Crippen molar-refractivity contribution in [2.45, 2.75) is 32.9 Å². The molecule has 1 aromatic heterocycles. The van der Waals surface area contributed by atoms with E-state index in [1.165, 1.54) is 6.42 Å². The third kappa shape index (κ3) is 3.70. The Balaban J connectivity index is 1.93. The molecule has 0 saturated carbocycles. The molecule has 17 heavy (non-hydrogen) atoms. The predicted molar refractivity (Wildman–Crippen MR) is 72.0 cm³/mol. The van der Waals surface area contributed by atoms with Crippen molar-refractivity contribution in [3.8, 4) is 0 Å². The molecular formula is C12H18N4S. The van der Waals surface area contributed by atoms with Gasteiger partial charge in [-0.2, -0.15) is 0 Å². The Morgan fingerprint density at radius 1 is 1.59 bits per heavy atom. The Hall–Kier alpha value is -1.10. The van der Waals surface area contributed by atoms with Gasteiger partial charge < -0.3 is 5.32 Å². The van der Waals surface area contributed by atoms with E-state index < -0.39 is 0 Å². The van der Waals surface area contributed by atoms with Gasteiger partial charge in [0.05, 0.1) is 12.2 Å². The summed E-state index contributed by atoms with van der Waals surface area (Å²) in [5.41, 5.74) is 0.960. The van der Waals surface area contributed by atoms with Crippen LogP contribution < -0.4 is 5.32 Å². The SMILES string of the molecule is CC(C)C1CCSC(=NCc2ccncn2)N1. The maximum Gasteiger partial charge on any atom is 0.157 e. The normalized spacial score (nSPS) is 22.8. The Bertz CT molecular complexity index is 377. The van der Waals surface area contributed by atoms with Crippen LogP contribution in [0.1, 0.15) is 26.0 Å². The van der Waals surface area contributed by atoms with Gasteiger partial charge in [-0.15, -0.1) is 0 Å². The summed E-state index contributed by atoms with van der Waals surface area (Å²) in [7, 11) is 0. The zero-order valence-corrected chi connectivity index (χ0v) is 11.1. The lowest BCUT2D eigenvalue weighted by atomic mass is 10.0. The average Bonchev–Trinajstić information content (AvgIpc) is 2.38. The molecule has 1 unspecified atom stereocenters. The standard InChI is InChI=1S/C12H18N4S/c1-9(2)11-4-6-17-12(16-11)14-7-10-3-5-13-8-15-10/h3,5,8-9,11H,4,6-7H2,1-2H3,(H,14,16). The zero-order chi connectivity index (χ0) is 12.1. The van der Waals surface area contributed by atoms with Crippen LogP contribution in [0.5, 0.6) is 0 Å². The molecule has 0 radical (unpaired) electrons. The van der Waals surface area contributed by atoms with E-state index in [0.29, 0.717) is 18.5 Å². The second-order valence-corrected chi connectivity index (χ2v) is 5.54. The largest absolute Gasteiger partial charge is 0.362 e. The third-order valence-electron chi connectivity index (χ3n) is 2.81. The monoisotopic (exact) mass is 250 g/mol. The van der Waals surface area contributed by atoms with Gasteiger partial charge in [0.25, 0.3) is 0 Å². The number of rotatable bonds is 3. The van der Waals surface area contributed by atoms with E-state index in [1.807, 2.05) is 6.07 Å². The number of thioether (sulfide) groups is 1. The van der Waals surface area contributed by atoms with Gasteiger partial charge in [-0.25, -0.2) is 9.97 Å². The molecule has 2 heterocycles. The third-order valence-corrected chi connectivity index (χ3v) is 3.77. The maximum absolute atomic E-state index is 4.56. The van der Waals surface area contributed by atoms with Crippen molar-refractivity contribution in [2.24, 2.45) is 10.9 Å². The van der Waals surface area contributed by atoms with Crippen molar-refractivity contribution >= 4 is 16.9 Å². The molecule has 1 fully saturated rings. The number of nitrogens with zero attached hydrogens (tertiary/aromatic N) is 3. The molecule has 4 nitrogen and oxygen atoms in total. The summed E-state index contributed by atoms with van der Waals surface area (Å²) in [4.78, 5) is 12.6. The van der Waals surface area contributed by atoms with Crippen LogP contribution in [-0.4, -0.2) is 26.9 Å². The van der Waals surface area contributed by atoms with Gasteiger partial charge in [0, 0.05) is 18.0 Å². The van der Waals surface area contributed by atoms with E-state index in [0.717, 1.165) is 16.6 Å². The topological polar surface area (TPSA) is 50.2 Å². The minimum absolute atomic E-state index is 0.556. The molecule has 5 heteroatoms. The fourth-order valence-corrected chi connectivity index (χ4v) is 2.67. The molecule has 0 bridgehead atoms. The van der Waals surface area contributed by atoms with Gasteiger partial charge in [-0.05, 0) is 18.4 Å². The molecule has 1 N–H and O–H groups in total. The van der Waals surface area contributed by atoms with E-state index in [1.54, 1.807) is 24.3 Å². The molecule has 2 rings (SSSR count). The maximum atomic E-state index is 4.56. The summed E-state index contributed by atoms with van der Waals surface area (Å²) in [6.07, 6.45) is 4.53. The number of aromatic nitrogens is 2. The molecule has 0 amide bonds. The number of aliphatic imine (C=N–C) groups is 1. The fraction of sp³-hybridized carbons (Fsp3) is 0.583. The van der Waals surface area contributed by atoms with Crippen LogP contribution in [0, 0.1) is 5.92 Å². The molecule has 0 spiro atoms. The lowest BCUT2D eigenvalue weighted by Crippen LogP contribution is -2.41. The highest BCUT2D eigenvalue weighted by molar-refractivity contribution is 8.13. The minimum Gasteiger partial charge on any atom is -0.362 e. The lowest BCUT2D eigenvalue weighted by molar-refractivity contribution is 0.442. The van der Waals surface area contributed by atoms with E-state index >= 15 is 0 Å². The first-order valence-corrected chi connectivity index (χ1v) is 6.93. The number of hydrogen-bond acceptors (Lipinski definition) is 4. The molecule has 92 valence electrons. The van der Waals surface area contributed by atoms with Crippen molar-refractivity contribution in [3.05, 3.63) is 24.3 Å². The van der Waals surface area contributed by atoms with Crippen LogP contribution >= 0.6 is 11.8 Å². The highest BCUT2D eigenvalue weighted by Crippen LogP contribution is 2.18. The summed E-state index contributed by atoms with van der Waals surface area (Å²) >= 11 is 1.80. The van der Waals surface area contributed by atoms with Gasteiger partial charge in [0.15, 0.2) is 5.17 Å². The highest BCUT2D eigenvalue weighted by Gasteiger charge is 2.19. The van der Waals surface area contributed by atoms with Gasteiger partial charge in [0.2, 0.25) is 0 Å². The Labute approximate surface area is 106 Å². The summed E-state index contributed by atoms with van der Waals surface area (Å²) in [5, 5.41) is 4.54. The van der Waals surface area contributed by atoms with Crippen LogP contribution in [0.2, 0.25) is 0 Å². The Morgan fingerprint density at radius 3 is 3.18 bits per heavy atom. The number of nitrogens with one attached hydrogen (secondary N) is 1. The average molecular weight is 250 g/mol. The van der Waals surface area contributed by atoms with Crippen LogP contribution in [-0.2, 0) is 6.54 Å². The minimum atomic E-state index is 0.556. The molecule has 0 aliphatic carbocycles. The molecule has 1 aromatic rings. The zero-order valence-electron chi connectivity index (χ0n) is 10.3. The lowest BCUT2D eigenvalue weighted by Gasteiger charge is -2.28. The van der Waals surface area contributed by atoms with Crippen molar-refractivity contribution in [1.82, 2.24) is 15.3 Å². The van der Waals surface area contributed by atoms with Crippen molar-refractivity contribution in [2.75, 3.05) is 5.75 Å². The Kier molecular flexibility index (Phi) is 4.36. The Morgan fingerprint density at radius 2 is 2.47 bits per heavy atom. The van der Waals surface area contributed by atoms with E-state index in [9.17, 15) is 0 Å². The molecular weight excluding hydrogens is 232 g/mol. The summed E-state index contributed by atoms with van der Waals surface area (Å²) in [5.74, 6) is 1.80. The summed E-state index contributed by atoms with van der Waals surface area (Å²) in [6, 6.07) is 2.46. The fourth-order valence-electron chi connectivity index (χ4n) is 1.71. The first-order valence-electron chi connectivity index (χ1n) is 5.94. The molecule has 0 aromatic carbocycles. The van der Waals surface area contributed by atoms with E-state index in [-0.39, 0.29) is 0 Å². The number of hydrogen-bond donors (Lipinski definition) is 1.